The Morgan fingerprint density at radius 2 is 1.65 bits per heavy atom. The molecule has 0 aliphatic carbocycles. The molecule has 178 valence electrons. The fraction of sp³-hybridized carbons (Fsp3) is 0.174. The van der Waals surface area contributed by atoms with Crippen LogP contribution in [0, 0.1) is 5.82 Å². The number of halogens is 2. The number of benzene rings is 3. The van der Waals surface area contributed by atoms with Gasteiger partial charge in [-0.15, -0.1) is 0 Å². The lowest BCUT2D eigenvalue weighted by molar-refractivity contribution is 0.362. The van der Waals surface area contributed by atoms with E-state index in [4.69, 9.17) is 11.6 Å². The molecule has 0 saturated heterocycles. The fourth-order valence-electron chi connectivity index (χ4n) is 3.56. The second kappa shape index (κ2) is 9.36. The zero-order valence-electron chi connectivity index (χ0n) is 18.0. The smallest absolute Gasteiger partial charge is 0.279 e. The van der Waals surface area contributed by atoms with Crippen LogP contribution in [-0.4, -0.2) is 32.7 Å². The van der Waals surface area contributed by atoms with Crippen molar-refractivity contribution in [3.63, 3.8) is 0 Å². The van der Waals surface area contributed by atoms with E-state index >= 15 is 0 Å². The van der Waals surface area contributed by atoms with Crippen molar-refractivity contribution in [3.05, 3.63) is 94.8 Å². The van der Waals surface area contributed by atoms with Crippen molar-refractivity contribution in [1.82, 2.24) is 4.41 Å². The normalized spacial score (nSPS) is 16.4. The highest BCUT2D eigenvalue weighted by Crippen LogP contribution is 2.38. The van der Waals surface area contributed by atoms with E-state index in [9.17, 15) is 21.2 Å². The van der Waals surface area contributed by atoms with Crippen molar-refractivity contribution in [2.75, 3.05) is 10.5 Å². The van der Waals surface area contributed by atoms with Gasteiger partial charge in [0, 0.05) is 22.7 Å². The molecule has 4 rings (SSSR count). The molecule has 1 aliphatic rings. The van der Waals surface area contributed by atoms with Gasteiger partial charge in [-0.25, -0.2) is 12.8 Å². The predicted octanol–water partition coefficient (Wildman–Crippen LogP) is 4.78. The van der Waals surface area contributed by atoms with E-state index < -0.39 is 31.9 Å². The van der Waals surface area contributed by atoms with Crippen LogP contribution in [0.4, 0.5) is 10.1 Å². The third-order valence-electron chi connectivity index (χ3n) is 5.37. The van der Waals surface area contributed by atoms with Crippen molar-refractivity contribution in [2.24, 2.45) is 5.10 Å². The maximum absolute atomic E-state index is 14.7. The van der Waals surface area contributed by atoms with Crippen molar-refractivity contribution < 1.29 is 21.2 Å². The first-order valence-electron chi connectivity index (χ1n) is 10.3. The largest absolute Gasteiger partial charge is 0.284 e. The molecule has 34 heavy (non-hydrogen) atoms. The van der Waals surface area contributed by atoms with Gasteiger partial charge in [-0.3, -0.25) is 4.72 Å². The lowest BCUT2D eigenvalue weighted by Gasteiger charge is -2.23. The molecular weight excluding hydrogens is 501 g/mol. The third-order valence-corrected chi connectivity index (χ3v) is 8.62. The molecule has 7 nitrogen and oxygen atoms in total. The Hall–Kier alpha value is -2.95. The van der Waals surface area contributed by atoms with E-state index in [2.05, 4.69) is 9.82 Å². The first-order chi connectivity index (χ1) is 16.1. The van der Waals surface area contributed by atoms with E-state index in [1.807, 2.05) is 0 Å². The monoisotopic (exact) mass is 521 g/mol. The first kappa shape index (κ1) is 24.2. The summed E-state index contributed by atoms with van der Waals surface area (Å²) < 4.78 is 68.5. The standard InChI is InChI=1S/C23H21ClFN3O4S2/c1-2-33(29,30)27-18-11-7-16(8-12-18)22-15-23(20-5-3-4-6-21(20)25)28(26-22)34(31,32)19-13-9-17(24)10-14-19/h3-14,23,27H,2,15H2,1H3/t23-/m1/s1. The van der Waals surface area contributed by atoms with Crippen LogP contribution < -0.4 is 4.72 Å². The molecule has 0 saturated carbocycles. The summed E-state index contributed by atoms with van der Waals surface area (Å²) in [6.07, 6.45) is 0.133. The van der Waals surface area contributed by atoms with Crippen LogP contribution in [0.3, 0.4) is 0 Å². The Labute approximate surface area is 203 Å². The molecule has 0 aromatic heterocycles. The second-order valence-corrected chi connectivity index (χ2v) is 11.8. The summed E-state index contributed by atoms with van der Waals surface area (Å²) in [5.74, 6) is -0.604. The van der Waals surface area contributed by atoms with E-state index in [0.717, 1.165) is 4.41 Å². The molecule has 0 bridgehead atoms. The molecule has 11 heteroatoms. The van der Waals surface area contributed by atoms with E-state index in [0.29, 0.717) is 22.0 Å². The summed E-state index contributed by atoms with van der Waals surface area (Å²) in [5.41, 5.74) is 1.59. The summed E-state index contributed by atoms with van der Waals surface area (Å²) in [4.78, 5) is -0.0208. The molecule has 3 aromatic carbocycles. The number of rotatable bonds is 7. The van der Waals surface area contributed by atoms with E-state index in [1.54, 1.807) is 30.3 Å². The van der Waals surface area contributed by atoms with Gasteiger partial charge < -0.3 is 0 Å². The van der Waals surface area contributed by atoms with Gasteiger partial charge in [-0.1, -0.05) is 41.9 Å². The average molecular weight is 522 g/mol. The summed E-state index contributed by atoms with van der Waals surface area (Å²) in [5, 5.41) is 4.76. The predicted molar refractivity (Wildman–Crippen MR) is 130 cm³/mol. The number of nitrogens with one attached hydrogen (secondary N) is 1. The van der Waals surface area contributed by atoms with Gasteiger partial charge in [0.05, 0.1) is 22.4 Å². The lowest BCUT2D eigenvalue weighted by Crippen LogP contribution is -2.27. The van der Waals surface area contributed by atoms with E-state index in [1.165, 1.54) is 49.4 Å². The van der Waals surface area contributed by atoms with E-state index in [-0.39, 0.29) is 22.6 Å². The fourth-order valence-corrected chi connectivity index (χ4v) is 5.75. The molecule has 0 unspecified atom stereocenters. The maximum Gasteiger partial charge on any atom is 0.279 e. The number of hydrogen-bond acceptors (Lipinski definition) is 5. The molecule has 1 heterocycles. The van der Waals surface area contributed by atoms with Crippen LogP contribution in [0.25, 0.3) is 0 Å². The molecular formula is C23H21ClFN3O4S2. The number of anilines is 1. The van der Waals surface area contributed by atoms with Gasteiger partial charge in [0.1, 0.15) is 5.82 Å². The minimum Gasteiger partial charge on any atom is -0.284 e. The summed E-state index contributed by atoms with van der Waals surface area (Å²) >= 11 is 5.90. The number of hydrazone groups is 1. The van der Waals surface area contributed by atoms with Crippen LogP contribution in [-0.2, 0) is 20.0 Å². The first-order valence-corrected chi connectivity index (χ1v) is 13.8. The highest BCUT2D eigenvalue weighted by molar-refractivity contribution is 7.92. The number of nitrogens with zero attached hydrogens (tertiary/aromatic N) is 2. The quantitative estimate of drug-likeness (QED) is 0.484. The Bertz CT molecular complexity index is 1440. The summed E-state index contributed by atoms with van der Waals surface area (Å²) in [7, 11) is -7.55. The van der Waals surface area contributed by atoms with Crippen molar-refractivity contribution in [3.8, 4) is 0 Å². The molecule has 1 N–H and O–H groups in total. The van der Waals surface area contributed by atoms with Crippen LogP contribution in [0.15, 0.2) is 82.8 Å². The highest BCUT2D eigenvalue weighted by atomic mass is 35.5. The minimum absolute atomic E-state index is 0.0208. The van der Waals surface area contributed by atoms with Crippen molar-refractivity contribution in [1.29, 1.82) is 0 Å². The molecule has 0 radical (unpaired) electrons. The van der Waals surface area contributed by atoms with Gasteiger partial charge >= 0.3 is 0 Å². The SMILES string of the molecule is CCS(=O)(=O)Nc1ccc(C2=NN(S(=O)(=O)c3ccc(Cl)cc3)[C@@H](c3ccccc3F)C2)cc1. The minimum atomic E-state index is -4.12. The van der Waals surface area contributed by atoms with Crippen LogP contribution in [0.2, 0.25) is 5.02 Å². The van der Waals surface area contributed by atoms with Crippen LogP contribution >= 0.6 is 11.6 Å². The van der Waals surface area contributed by atoms with Gasteiger partial charge in [-0.2, -0.15) is 17.9 Å². The zero-order valence-corrected chi connectivity index (χ0v) is 20.4. The Morgan fingerprint density at radius 3 is 2.26 bits per heavy atom. The Kier molecular flexibility index (Phi) is 6.66. The van der Waals surface area contributed by atoms with Gasteiger partial charge in [0.15, 0.2) is 0 Å². The number of hydrogen-bond donors (Lipinski definition) is 1. The Morgan fingerprint density at radius 1 is 1.00 bits per heavy atom. The summed E-state index contributed by atoms with van der Waals surface area (Å²) in [6.45, 7) is 1.53. The van der Waals surface area contributed by atoms with Gasteiger partial charge in [0.25, 0.3) is 10.0 Å². The van der Waals surface area contributed by atoms with Crippen molar-refractivity contribution >= 4 is 43.0 Å². The second-order valence-electron chi connectivity index (χ2n) is 7.60. The third kappa shape index (κ3) is 4.94. The molecule has 0 amide bonds. The van der Waals surface area contributed by atoms with Gasteiger partial charge in [0.2, 0.25) is 10.0 Å². The Balaban J connectivity index is 1.73. The average Bonchev–Trinajstić information content (AvgIpc) is 3.26. The molecule has 3 aromatic rings. The topological polar surface area (TPSA) is 95.9 Å². The van der Waals surface area contributed by atoms with Crippen molar-refractivity contribution in [2.45, 2.75) is 24.3 Å². The zero-order chi connectivity index (χ0) is 24.5. The summed E-state index contributed by atoms with van der Waals surface area (Å²) in [6, 6.07) is 17.2. The van der Waals surface area contributed by atoms with Gasteiger partial charge in [-0.05, 0) is 55.0 Å². The molecule has 0 fully saturated rings. The lowest BCUT2D eigenvalue weighted by atomic mass is 9.99. The van der Waals surface area contributed by atoms with Crippen LogP contribution in [0.5, 0.6) is 0 Å². The molecule has 1 atom stereocenters. The molecule has 0 spiro atoms. The van der Waals surface area contributed by atoms with Crippen LogP contribution in [0.1, 0.15) is 30.5 Å². The highest BCUT2D eigenvalue weighted by Gasteiger charge is 2.38. The number of sulfonamides is 2. The molecule has 1 aliphatic heterocycles. The maximum atomic E-state index is 14.7.